The molecule has 0 radical (unpaired) electrons. The first-order valence-corrected chi connectivity index (χ1v) is 5.50. The Balaban J connectivity index is 2.53. The molecule has 0 saturated carbocycles. The molecule has 1 aromatic rings. The van der Waals surface area contributed by atoms with Gasteiger partial charge in [0, 0.05) is 0 Å². The second-order valence-corrected chi connectivity index (χ2v) is 3.97. The lowest BCUT2D eigenvalue weighted by Gasteiger charge is -2.01. The van der Waals surface area contributed by atoms with E-state index in [0.717, 1.165) is 17.3 Å². The fraction of sp³-hybridized carbons (Fsp3) is 0.750. The predicted octanol–water partition coefficient (Wildman–Crippen LogP) is 1.60. The van der Waals surface area contributed by atoms with Crippen molar-refractivity contribution in [3.8, 4) is 0 Å². The number of aromatic nitrogens is 2. The number of nitrogens with one attached hydrogen (secondary N) is 1. The Morgan fingerprint density at radius 2 is 2.38 bits per heavy atom. The lowest BCUT2D eigenvalue weighted by atomic mass is 10.3. The summed E-state index contributed by atoms with van der Waals surface area (Å²) >= 11 is 1.79. The average molecular weight is 201 g/mol. The second kappa shape index (κ2) is 5.24. The van der Waals surface area contributed by atoms with E-state index in [4.69, 9.17) is 4.52 Å². The van der Waals surface area contributed by atoms with Gasteiger partial charge in [0.25, 0.3) is 0 Å². The molecule has 0 amide bonds. The summed E-state index contributed by atoms with van der Waals surface area (Å²) in [4.78, 5) is 4.26. The van der Waals surface area contributed by atoms with Crippen LogP contribution in [0.5, 0.6) is 0 Å². The van der Waals surface area contributed by atoms with E-state index in [1.54, 1.807) is 11.8 Å². The quantitative estimate of drug-likeness (QED) is 0.784. The highest BCUT2D eigenvalue weighted by Crippen LogP contribution is 2.12. The molecule has 1 unspecified atom stereocenters. The summed E-state index contributed by atoms with van der Waals surface area (Å²) < 4.78 is 5.08. The largest absolute Gasteiger partial charge is 0.338 e. The van der Waals surface area contributed by atoms with Crippen LogP contribution in [0.25, 0.3) is 0 Å². The highest BCUT2D eigenvalue weighted by Gasteiger charge is 2.11. The van der Waals surface area contributed by atoms with Crippen molar-refractivity contribution in [1.82, 2.24) is 15.5 Å². The van der Waals surface area contributed by atoms with E-state index in [0.29, 0.717) is 5.89 Å². The molecule has 0 saturated heterocycles. The summed E-state index contributed by atoms with van der Waals surface area (Å²) in [6.07, 6.45) is 0. The SMILES string of the molecule is CCSCc1noc(C(C)NC)n1. The maximum Gasteiger partial charge on any atom is 0.243 e. The Kier molecular flexibility index (Phi) is 4.24. The lowest BCUT2D eigenvalue weighted by molar-refractivity contribution is 0.344. The van der Waals surface area contributed by atoms with Gasteiger partial charge in [-0.3, -0.25) is 0 Å². The summed E-state index contributed by atoms with van der Waals surface area (Å²) in [5.41, 5.74) is 0. The third kappa shape index (κ3) is 3.00. The van der Waals surface area contributed by atoms with Crippen LogP contribution in [0.15, 0.2) is 4.52 Å². The van der Waals surface area contributed by atoms with Crippen LogP contribution < -0.4 is 5.32 Å². The molecular formula is C8H15N3OS. The highest BCUT2D eigenvalue weighted by atomic mass is 32.2. The Labute approximate surface area is 82.5 Å². The van der Waals surface area contributed by atoms with Crippen LogP contribution in [0.3, 0.4) is 0 Å². The third-order valence-electron chi connectivity index (χ3n) is 1.72. The summed E-state index contributed by atoms with van der Waals surface area (Å²) in [6, 6.07) is 0.132. The minimum Gasteiger partial charge on any atom is -0.338 e. The van der Waals surface area contributed by atoms with Gasteiger partial charge >= 0.3 is 0 Å². The number of nitrogens with zero attached hydrogens (tertiary/aromatic N) is 2. The zero-order valence-corrected chi connectivity index (χ0v) is 9.02. The van der Waals surface area contributed by atoms with Crippen molar-refractivity contribution in [2.24, 2.45) is 0 Å². The molecule has 5 heteroatoms. The minimum absolute atomic E-state index is 0.132. The standard InChI is InChI=1S/C8H15N3OS/c1-4-13-5-7-10-8(12-11-7)6(2)9-3/h6,9H,4-5H2,1-3H3. The van der Waals surface area contributed by atoms with Crippen molar-refractivity contribution in [3.63, 3.8) is 0 Å². The zero-order chi connectivity index (χ0) is 9.68. The molecule has 74 valence electrons. The Hall–Kier alpha value is -0.550. The molecule has 1 rings (SSSR count). The molecule has 0 aliphatic rings. The van der Waals surface area contributed by atoms with Crippen LogP contribution in [0, 0.1) is 0 Å². The summed E-state index contributed by atoms with van der Waals surface area (Å²) in [7, 11) is 1.87. The summed E-state index contributed by atoms with van der Waals surface area (Å²) in [5, 5.41) is 6.92. The van der Waals surface area contributed by atoms with Crippen LogP contribution in [-0.4, -0.2) is 22.9 Å². The molecule has 1 aromatic heterocycles. The molecular weight excluding hydrogens is 186 g/mol. The summed E-state index contributed by atoms with van der Waals surface area (Å²) in [5.74, 6) is 3.35. The molecule has 1 atom stereocenters. The molecule has 0 aromatic carbocycles. The fourth-order valence-electron chi connectivity index (χ4n) is 0.819. The number of hydrogen-bond acceptors (Lipinski definition) is 5. The second-order valence-electron chi connectivity index (χ2n) is 2.70. The van der Waals surface area contributed by atoms with Crippen LogP contribution in [-0.2, 0) is 5.75 Å². The van der Waals surface area contributed by atoms with E-state index < -0.39 is 0 Å². The van der Waals surface area contributed by atoms with Gasteiger partial charge in [-0.05, 0) is 19.7 Å². The topological polar surface area (TPSA) is 51.0 Å². The zero-order valence-electron chi connectivity index (χ0n) is 8.20. The Bertz CT molecular complexity index is 251. The Morgan fingerprint density at radius 1 is 1.62 bits per heavy atom. The maximum absolute atomic E-state index is 5.08. The van der Waals surface area contributed by atoms with Gasteiger partial charge in [0.05, 0.1) is 11.8 Å². The van der Waals surface area contributed by atoms with Crippen molar-refractivity contribution >= 4 is 11.8 Å². The first kappa shape index (κ1) is 10.5. The van der Waals surface area contributed by atoms with E-state index in [1.165, 1.54) is 0 Å². The predicted molar refractivity (Wildman–Crippen MR) is 53.6 cm³/mol. The third-order valence-corrected chi connectivity index (χ3v) is 2.59. The van der Waals surface area contributed by atoms with E-state index >= 15 is 0 Å². The van der Waals surface area contributed by atoms with Crippen LogP contribution in [0.4, 0.5) is 0 Å². The van der Waals surface area contributed by atoms with Gasteiger partial charge in [-0.2, -0.15) is 16.7 Å². The van der Waals surface area contributed by atoms with E-state index in [9.17, 15) is 0 Å². The van der Waals surface area contributed by atoms with Crippen LogP contribution in [0.2, 0.25) is 0 Å². The van der Waals surface area contributed by atoms with Crippen molar-refractivity contribution in [1.29, 1.82) is 0 Å². The lowest BCUT2D eigenvalue weighted by Crippen LogP contribution is -2.12. The monoisotopic (exact) mass is 201 g/mol. The number of rotatable bonds is 5. The van der Waals surface area contributed by atoms with Gasteiger partial charge in [-0.1, -0.05) is 12.1 Å². The molecule has 0 aliphatic carbocycles. The molecule has 0 aliphatic heterocycles. The molecule has 1 heterocycles. The minimum atomic E-state index is 0.132. The van der Waals surface area contributed by atoms with Gasteiger partial charge in [0.2, 0.25) is 5.89 Å². The smallest absolute Gasteiger partial charge is 0.243 e. The molecule has 0 fully saturated rings. The fourth-order valence-corrected chi connectivity index (χ4v) is 1.32. The maximum atomic E-state index is 5.08. The number of hydrogen-bond donors (Lipinski definition) is 1. The van der Waals surface area contributed by atoms with Crippen LogP contribution >= 0.6 is 11.8 Å². The van der Waals surface area contributed by atoms with Crippen molar-refractivity contribution in [2.45, 2.75) is 25.6 Å². The van der Waals surface area contributed by atoms with Crippen molar-refractivity contribution in [3.05, 3.63) is 11.7 Å². The normalized spacial score (nSPS) is 13.2. The molecule has 4 nitrogen and oxygen atoms in total. The highest BCUT2D eigenvalue weighted by molar-refractivity contribution is 7.98. The van der Waals surface area contributed by atoms with Gasteiger partial charge in [-0.15, -0.1) is 0 Å². The Morgan fingerprint density at radius 3 is 3.00 bits per heavy atom. The molecule has 13 heavy (non-hydrogen) atoms. The molecule has 1 N–H and O–H groups in total. The first-order valence-electron chi connectivity index (χ1n) is 4.35. The van der Waals surface area contributed by atoms with E-state index in [-0.39, 0.29) is 6.04 Å². The van der Waals surface area contributed by atoms with E-state index in [1.807, 2.05) is 14.0 Å². The van der Waals surface area contributed by atoms with E-state index in [2.05, 4.69) is 22.4 Å². The van der Waals surface area contributed by atoms with Crippen molar-refractivity contribution in [2.75, 3.05) is 12.8 Å². The number of thioether (sulfide) groups is 1. The van der Waals surface area contributed by atoms with Gasteiger partial charge < -0.3 is 9.84 Å². The van der Waals surface area contributed by atoms with Gasteiger partial charge in [0.15, 0.2) is 5.82 Å². The van der Waals surface area contributed by atoms with Gasteiger partial charge in [-0.25, -0.2) is 0 Å². The average Bonchev–Trinajstić information content (AvgIpc) is 2.62. The van der Waals surface area contributed by atoms with Crippen molar-refractivity contribution < 1.29 is 4.52 Å². The summed E-state index contributed by atoms with van der Waals surface area (Å²) in [6.45, 7) is 4.10. The molecule has 0 bridgehead atoms. The first-order chi connectivity index (χ1) is 6.27. The van der Waals surface area contributed by atoms with Gasteiger partial charge in [0.1, 0.15) is 0 Å². The molecule has 0 spiro atoms. The van der Waals surface area contributed by atoms with Crippen LogP contribution in [0.1, 0.15) is 31.6 Å².